The minimum absolute atomic E-state index is 0.0956. The first-order valence-corrected chi connectivity index (χ1v) is 6.63. The van der Waals surface area contributed by atoms with Gasteiger partial charge in [0.05, 0.1) is 5.69 Å². The normalized spacial score (nSPS) is 10.4. The fourth-order valence-corrected chi connectivity index (χ4v) is 1.95. The lowest BCUT2D eigenvalue weighted by Crippen LogP contribution is -2.13. The summed E-state index contributed by atoms with van der Waals surface area (Å²) >= 11 is 3.31. The average molecular weight is 346 g/mol. The van der Waals surface area contributed by atoms with Gasteiger partial charge >= 0.3 is 0 Å². The van der Waals surface area contributed by atoms with Crippen LogP contribution in [0.5, 0.6) is 5.75 Å². The van der Waals surface area contributed by atoms with Gasteiger partial charge in [0.25, 0.3) is 0 Å². The van der Waals surface area contributed by atoms with E-state index in [0.29, 0.717) is 5.75 Å². The molecule has 0 aliphatic rings. The third-order valence-electron chi connectivity index (χ3n) is 2.52. The van der Waals surface area contributed by atoms with E-state index in [4.69, 9.17) is 4.74 Å². The zero-order valence-corrected chi connectivity index (χ0v) is 11.9. The van der Waals surface area contributed by atoms with Crippen LogP contribution in [0.2, 0.25) is 0 Å². The molecule has 106 valence electrons. The number of nitrogens with one attached hydrogen (secondary N) is 1. The van der Waals surface area contributed by atoms with Crippen LogP contribution in [0.1, 0.15) is 0 Å². The van der Waals surface area contributed by atoms with Crippen LogP contribution in [-0.4, -0.2) is 13.2 Å². The first-order chi connectivity index (χ1) is 9.58. The first-order valence-electron chi connectivity index (χ1n) is 5.83. The fraction of sp³-hybridized carbons (Fsp3) is 0.143. The highest BCUT2D eigenvalue weighted by molar-refractivity contribution is 9.10. The molecule has 2 aromatic rings. The highest BCUT2D eigenvalue weighted by Gasteiger charge is 2.12. The average Bonchev–Trinajstić information content (AvgIpc) is 2.43. The summed E-state index contributed by atoms with van der Waals surface area (Å²) in [6.07, 6.45) is 0. The van der Waals surface area contributed by atoms with Crippen molar-refractivity contribution in [2.45, 2.75) is 0 Å². The van der Waals surface area contributed by atoms with E-state index in [9.17, 15) is 13.2 Å². The van der Waals surface area contributed by atoms with Crippen LogP contribution in [0.4, 0.5) is 18.9 Å². The van der Waals surface area contributed by atoms with Crippen molar-refractivity contribution in [1.82, 2.24) is 0 Å². The molecule has 0 saturated carbocycles. The molecule has 0 bridgehead atoms. The van der Waals surface area contributed by atoms with Gasteiger partial charge < -0.3 is 10.1 Å². The van der Waals surface area contributed by atoms with Gasteiger partial charge in [0, 0.05) is 11.0 Å². The van der Waals surface area contributed by atoms with Crippen molar-refractivity contribution < 1.29 is 17.9 Å². The SMILES string of the molecule is Fc1ccc(NCCOc2cccc(Br)c2)c(F)c1F. The molecule has 0 fully saturated rings. The van der Waals surface area contributed by atoms with E-state index in [2.05, 4.69) is 21.2 Å². The van der Waals surface area contributed by atoms with E-state index in [1.165, 1.54) is 0 Å². The van der Waals surface area contributed by atoms with Crippen LogP contribution in [0, 0.1) is 17.5 Å². The quantitative estimate of drug-likeness (QED) is 0.642. The summed E-state index contributed by atoms with van der Waals surface area (Å²) in [6.45, 7) is 0.517. The van der Waals surface area contributed by atoms with E-state index in [1.54, 1.807) is 12.1 Å². The van der Waals surface area contributed by atoms with Gasteiger partial charge in [-0.05, 0) is 30.3 Å². The Hall–Kier alpha value is -1.69. The summed E-state index contributed by atoms with van der Waals surface area (Å²) in [6, 6.07) is 9.27. The molecule has 0 amide bonds. The van der Waals surface area contributed by atoms with Crippen LogP contribution in [0.25, 0.3) is 0 Å². The zero-order valence-electron chi connectivity index (χ0n) is 10.3. The summed E-state index contributed by atoms with van der Waals surface area (Å²) in [5.41, 5.74) is -0.0956. The molecule has 0 unspecified atom stereocenters. The van der Waals surface area contributed by atoms with Crippen molar-refractivity contribution in [2.24, 2.45) is 0 Å². The first kappa shape index (κ1) is 14.7. The molecule has 0 aliphatic heterocycles. The smallest absolute Gasteiger partial charge is 0.196 e. The summed E-state index contributed by atoms with van der Waals surface area (Å²) in [5.74, 6) is -3.26. The van der Waals surface area contributed by atoms with Crippen molar-refractivity contribution in [3.05, 3.63) is 58.3 Å². The Balaban J connectivity index is 1.86. The molecule has 1 N–H and O–H groups in total. The zero-order chi connectivity index (χ0) is 14.5. The second-order valence-corrected chi connectivity index (χ2v) is 4.87. The molecule has 0 aliphatic carbocycles. The summed E-state index contributed by atoms with van der Waals surface area (Å²) in [4.78, 5) is 0. The van der Waals surface area contributed by atoms with Crippen LogP contribution >= 0.6 is 15.9 Å². The summed E-state index contributed by atoms with van der Waals surface area (Å²) in [5, 5.41) is 2.65. The number of ether oxygens (including phenoxy) is 1. The van der Waals surface area contributed by atoms with Crippen LogP contribution in [0.15, 0.2) is 40.9 Å². The van der Waals surface area contributed by atoms with E-state index in [0.717, 1.165) is 16.6 Å². The molecule has 20 heavy (non-hydrogen) atoms. The fourth-order valence-electron chi connectivity index (χ4n) is 1.57. The Morgan fingerprint density at radius 2 is 1.85 bits per heavy atom. The number of rotatable bonds is 5. The lowest BCUT2D eigenvalue weighted by atomic mass is 10.3. The standard InChI is InChI=1S/C14H11BrF3NO/c15-9-2-1-3-10(8-9)20-7-6-19-12-5-4-11(16)13(17)14(12)18/h1-5,8,19H,6-7H2. The third kappa shape index (κ3) is 3.66. The molecule has 0 heterocycles. The van der Waals surface area contributed by atoms with Crippen LogP contribution in [0.3, 0.4) is 0 Å². The molecular weight excluding hydrogens is 335 g/mol. The third-order valence-corrected chi connectivity index (χ3v) is 3.01. The molecule has 0 saturated heterocycles. The minimum Gasteiger partial charge on any atom is -0.492 e. The van der Waals surface area contributed by atoms with Crippen molar-refractivity contribution in [3.8, 4) is 5.75 Å². The van der Waals surface area contributed by atoms with Gasteiger partial charge in [-0.25, -0.2) is 13.2 Å². The van der Waals surface area contributed by atoms with Gasteiger partial charge in [0.2, 0.25) is 0 Å². The monoisotopic (exact) mass is 345 g/mol. The lowest BCUT2D eigenvalue weighted by Gasteiger charge is -2.10. The van der Waals surface area contributed by atoms with Crippen molar-refractivity contribution >= 4 is 21.6 Å². The van der Waals surface area contributed by atoms with Crippen LogP contribution in [-0.2, 0) is 0 Å². The second kappa shape index (κ2) is 6.65. The topological polar surface area (TPSA) is 21.3 Å². The van der Waals surface area contributed by atoms with Gasteiger partial charge in [0.15, 0.2) is 17.5 Å². The maximum absolute atomic E-state index is 13.3. The van der Waals surface area contributed by atoms with E-state index in [-0.39, 0.29) is 18.8 Å². The number of hydrogen-bond donors (Lipinski definition) is 1. The maximum Gasteiger partial charge on any atom is 0.196 e. The Kier molecular flexibility index (Phi) is 4.89. The molecule has 6 heteroatoms. The van der Waals surface area contributed by atoms with E-state index in [1.807, 2.05) is 12.1 Å². The molecular formula is C14H11BrF3NO. The maximum atomic E-state index is 13.3. The van der Waals surface area contributed by atoms with Gasteiger partial charge in [-0.2, -0.15) is 0 Å². The highest BCUT2D eigenvalue weighted by Crippen LogP contribution is 2.20. The van der Waals surface area contributed by atoms with E-state index >= 15 is 0 Å². The Labute approximate surface area is 122 Å². The molecule has 0 spiro atoms. The van der Waals surface area contributed by atoms with Gasteiger partial charge in [-0.1, -0.05) is 22.0 Å². The number of hydrogen-bond acceptors (Lipinski definition) is 2. The van der Waals surface area contributed by atoms with Gasteiger partial charge in [-0.3, -0.25) is 0 Å². The summed E-state index contributed by atoms with van der Waals surface area (Å²) in [7, 11) is 0. The molecule has 0 atom stereocenters. The Morgan fingerprint density at radius 1 is 1.05 bits per heavy atom. The lowest BCUT2D eigenvalue weighted by molar-refractivity contribution is 0.332. The van der Waals surface area contributed by atoms with Gasteiger partial charge in [-0.15, -0.1) is 0 Å². The minimum atomic E-state index is -1.48. The van der Waals surface area contributed by atoms with Gasteiger partial charge in [0.1, 0.15) is 12.4 Å². The number of anilines is 1. The van der Waals surface area contributed by atoms with Crippen molar-refractivity contribution in [1.29, 1.82) is 0 Å². The van der Waals surface area contributed by atoms with Crippen molar-refractivity contribution in [2.75, 3.05) is 18.5 Å². The predicted octanol–water partition coefficient (Wildman–Crippen LogP) is 4.36. The summed E-state index contributed by atoms with van der Waals surface area (Å²) < 4.78 is 45.4. The van der Waals surface area contributed by atoms with Crippen molar-refractivity contribution in [3.63, 3.8) is 0 Å². The van der Waals surface area contributed by atoms with Crippen LogP contribution < -0.4 is 10.1 Å². The molecule has 2 aromatic carbocycles. The molecule has 2 rings (SSSR count). The largest absolute Gasteiger partial charge is 0.492 e. The molecule has 2 nitrogen and oxygen atoms in total. The van der Waals surface area contributed by atoms with E-state index < -0.39 is 17.5 Å². The predicted molar refractivity (Wildman–Crippen MR) is 74.4 cm³/mol. The highest BCUT2D eigenvalue weighted by atomic mass is 79.9. The second-order valence-electron chi connectivity index (χ2n) is 3.96. The number of halogens is 4. The molecule has 0 radical (unpaired) electrons. The number of benzene rings is 2. The molecule has 0 aromatic heterocycles. The Bertz CT molecular complexity index is 607. The Morgan fingerprint density at radius 3 is 2.60 bits per heavy atom.